The van der Waals surface area contributed by atoms with E-state index in [1.807, 2.05) is 0 Å². The van der Waals surface area contributed by atoms with Crippen LogP contribution in [0.3, 0.4) is 0 Å². The van der Waals surface area contributed by atoms with Crippen LogP contribution >= 0.6 is 0 Å². The standard InChI is InChI=1S/C15H31N/c1-3-5-6-7-8-12-16-13-10-15(9-4-2)11-14-16/h15H,3-14H2,1-2H3. The molecular weight excluding hydrogens is 194 g/mol. The van der Waals surface area contributed by atoms with Gasteiger partial charge in [-0.25, -0.2) is 0 Å². The fraction of sp³-hybridized carbons (Fsp3) is 1.00. The van der Waals surface area contributed by atoms with Crippen LogP contribution in [0.5, 0.6) is 0 Å². The van der Waals surface area contributed by atoms with Crippen molar-refractivity contribution in [2.45, 2.75) is 71.6 Å². The van der Waals surface area contributed by atoms with Gasteiger partial charge in [0.05, 0.1) is 0 Å². The molecule has 1 heterocycles. The van der Waals surface area contributed by atoms with Gasteiger partial charge < -0.3 is 4.90 Å². The van der Waals surface area contributed by atoms with E-state index in [-0.39, 0.29) is 0 Å². The zero-order chi connectivity index (χ0) is 11.6. The second-order valence-corrected chi connectivity index (χ2v) is 5.49. The Labute approximate surface area is 103 Å². The van der Waals surface area contributed by atoms with Crippen molar-refractivity contribution in [1.29, 1.82) is 0 Å². The van der Waals surface area contributed by atoms with Gasteiger partial charge in [0.1, 0.15) is 0 Å². The van der Waals surface area contributed by atoms with Gasteiger partial charge in [0, 0.05) is 0 Å². The lowest BCUT2D eigenvalue weighted by atomic mass is 9.92. The molecule has 1 fully saturated rings. The van der Waals surface area contributed by atoms with E-state index in [0.29, 0.717) is 0 Å². The average Bonchev–Trinajstić information content (AvgIpc) is 2.31. The maximum absolute atomic E-state index is 2.69. The summed E-state index contributed by atoms with van der Waals surface area (Å²) in [7, 11) is 0. The van der Waals surface area contributed by atoms with Gasteiger partial charge in [-0.3, -0.25) is 0 Å². The number of piperidine rings is 1. The van der Waals surface area contributed by atoms with Crippen molar-refractivity contribution < 1.29 is 0 Å². The van der Waals surface area contributed by atoms with Crippen LogP contribution in [0.1, 0.15) is 71.6 Å². The van der Waals surface area contributed by atoms with Crippen LogP contribution < -0.4 is 0 Å². The van der Waals surface area contributed by atoms with Gasteiger partial charge in [0.25, 0.3) is 0 Å². The minimum Gasteiger partial charge on any atom is -0.303 e. The van der Waals surface area contributed by atoms with E-state index in [9.17, 15) is 0 Å². The summed E-state index contributed by atoms with van der Waals surface area (Å²) in [6.07, 6.45) is 12.9. The summed E-state index contributed by atoms with van der Waals surface area (Å²) in [5.41, 5.74) is 0. The van der Waals surface area contributed by atoms with Crippen LogP contribution in [0.15, 0.2) is 0 Å². The quantitative estimate of drug-likeness (QED) is 0.551. The summed E-state index contributed by atoms with van der Waals surface area (Å²) in [5.74, 6) is 1.04. The molecule has 1 rings (SSSR count). The van der Waals surface area contributed by atoms with Crippen molar-refractivity contribution >= 4 is 0 Å². The van der Waals surface area contributed by atoms with Gasteiger partial charge in [-0.1, -0.05) is 52.4 Å². The first-order valence-corrected chi connectivity index (χ1v) is 7.59. The second kappa shape index (κ2) is 9.04. The molecule has 1 aliphatic rings. The monoisotopic (exact) mass is 225 g/mol. The summed E-state index contributed by atoms with van der Waals surface area (Å²) in [6.45, 7) is 8.72. The van der Waals surface area contributed by atoms with Gasteiger partial charge in [-0.05, 0) is 44.8 Å². The molecule has 0 aromatic heterocycles. The molecule has 0 aliphatic carbocycles. The molecule has 0 unspecified atom stereocenters. The molecule has 0 bridgehead atoms. The van der Waals surface area contributed by atoms with Gasteiger partial charge in [0.15, 0.2) is 0 Å². The lowest BCUT2D eigenvalue weighted by Crippen LogP contribution is -2.34. The Morgan fingerprint density at radius 3 is 2.19 bits per heavy atom. The summed E-state index contributed by atoms with van der Waals surface area (Å²) >= 11 is 0. The Bertz CT molecular complexity index is 148. The number of rotatable bonds is 8. The number of hydrogen-bond acceptors (Lipinski definition) is 1. The van der Waals surface area contributed by atoms with Crippen molar-refractivity contribution in [2.24, 2.45) is 5.92 Å². The van der Waals surface area contributed by atoms with E-state index < -0.39 is 0 Å². The third kappa shape index (κ3) is 5.89. The zero-order valence-corrected chi connectivity index (χ0v) is 11.5. The van der Waals surface area contributed by atoms with E-state index in [2.05, 4.69) is 18.7 Å². The van der Waals surface area contributed by atoms with Gasteiger partial charge in [0.2, 0.25) is 0 Å². The Hall–Kier alpha value is -0.0400. The van der Waals surface area contributed by atoms with Crippen LogP contribution in [-0.2, 0) is 0 Å². The van der Waals surface area contributed by atoms with E-state index in [1.165, 1.54) is 77.4 Å². The minimum absolute atomic E-state index is 1.04. The molecule has 0 N–H and O–H groups in total. The first kappa shape index (κ1) is 14.0. The van der Waals surface area contributed by atoms with E-state index in [1.54, 1.807) is 0 Å². The summed E-state index contributed by atoms with van der Waals surface area (Å²) in [5, 5.41) is 0. The lowest BCUT2D eigenvalue weighted by molar-refractivity contribution is 0.175. The van der Waals surface area contributed by atoms with Crippen LogP contribution in [0.4, 0.5) is 0 Å². The molecule has 1 nitrogen and oxygen atoms in total. The van der Waals surface area contributed by atoms with Crippen molar-refractivity contribution in [3.8, 4) is 0 Å². The minimum atomic E-state index is 1.04. The normalized spacial score (nSPS) is 19.1. The van der Waals surface area contributed by atoms with Gasteiger partial charge >= 0.3 is 0 Å². The molecule has 16 heavy (non-hydrogen) atoms. The van der Waals surface area contributed by atoms with Crippen molar-refractivity contribution in [2.75, 3.05) is 19.6 Å². The molecule has 0 radical (unpaired) electrons. The van der Waals surface area contributed by atoms with Crippen molar-refractivity contribution in [1.82, 2.24) is 4.90 Å². The van der Waals surface area contributed by atoms with E-state index >= 15 is 0 Å². The highest BCUT2D eigenvalue weighted by atomic mass is 15.1. The highest BCUT2D eigenvalue weighted by molar-refractivity contribution is 4.71. The first-order valence-electron chi connectivity index (χ1n) is 7.59. The Kier molecular flexibility index (Phi) is 7.92. The topological polar surface area (TPSA) is 3.24 Å². The predicted octanol–water partition coefficient (Wildman–Crippen LogP) is 4.47. The van der Waals surface area contributed by atoms with Gasteiger partial charge in [-0.15, -0.1) is 0 Å². The molecule has 96 valence electrons. The lowest BCUT2D eigenvalue weighted by Gasteiger charge is -2.31. The largest absolute Gasteiger partial charge is 0.303 e. The maximum atomic E-state index is 2.69. The zero-order valence-electron chi connectivity index (χ0n) is 11.5. The second-order valence-electron chi connectivity index (χ2n) is 5.49. The Morgan fingerprint density at radius 1 is 0.875 bits per heavy atom. The highest BCUT2D eigenvalue weighted by Crippen LogP contribution is 2.21. The fourth-order valence-corrected chi connectivity index (χ4v) is 2.85. The molecule has 0 spiro atoms. The van der Waals surface area contributed by atoms with Crippen LogP contribution in [0.25, 0.3) is 0 Å². The Morgan fingerprint density at radius 2 is 1.56 bits per heavy atom. The fourth-order valence-electron chi connectivity index (χ4n) is 2.85. The molecule has 1 heteroatoms. The number of unbranched alkanes of at least 4 members (excludes halogenated alkanes) is 4. The Balaban J connectivity index is 1.95. The molecule has 1 saturated heterocycles. The molecule has 0 saturated carbocycles. The predicted molar refractivity (Wildman–Crippen MR) is 72.8 cm³/mol. The van der Waals surface area contributed by atoms with Crippen LogP contribution in [-0.4, -0.2) is 24.5 Å². The van der Waals surface area contributed by atoms with Crippen molar-refractivity contribution in [3.63, 3.8) is 0 Å². The number of likely N-dealkylation sites (tertiary alicyclic amines) is 1. The first-order chi connectivity index (χ1) is 7.86. The highest BCUT2D eigenvalue weighted by Gasteiger charge is 2.17. The van der Waals surface area contributed by atoms with Gasteiger partial charge in [-0.2, -0.15) is 0 Å². The van der Waals surface area contributed by atoms with Crippen LogP contribution in [0.2, 0.25) is 0 Å². The SMILES string of the molecule is CCCCCCCN1CCC(CCC)CC1. The van der Waals surface area contributed by atoms with Crippen molar-refractivity contribution in [3.05, 3.63) is 0 Å². The average molecular weight is 225 g/mol. The summed E-state index contributed by atoms with van der Waals surface area (Å²) < 4.78 is 0. The summed E-state index contributed by atoms with van der Waals surface area (Å²) in [4.78, 5) is 2.69. The van der Waals surface area contributed by atoms with E-state index in [4.69, 9.17) is 0 Å². The smallest absolute Gasteiger partial charge is 0.00161 e. The third-order valence-electron chi connectivity index (χ3n) is 3.98. The third-order valence-corrected chi connectivity index (χ3v) is 3.98. The van der Waals surface area contributed by atoms with E-state index in [0.717, 1.165) is 5.92 Å². The molecule has 0 aromatic rings. The molecule has 0 atom stereocenters. The maximum Gasteiger partial charge on any atom is -0.00161 e. The molecule has 0 aromatic carbocycles. The van der Waals surface area contributed by atoms with Crippen LogP contribution in [0, 0.1) is 5.92 Å². The number of nitrogens with zero attached hydrogens (tertiary/aromatic N) is 1. The molecular formula is C15H31N. The molecule has 1 aliphatic heterocycles. The summed E-state index contributed by atoms with van der Waals surface area (Å²) in [6, 6.07) is 0. The number of hydrogen-bond donors (Lipinski definition) is 0. The molecule has 0 amide bonds.